The van der Waals surface area contributed by atoms with E-state index >= 15 is 0 Å². The third kappa shape index (κ3) is 26.4. The Morgan fingerprint density at radius 1 is 0.623 bits per heavy atom. The van der Waals surface area contributed by atoms with Crippen LogP contribution >= 0.6 is 0 Å². The van der Waals surface area contributed by atoms with Gasteiger partial charge in [-0.2, -0.15) is 0 Å². The molecular formula is C44H85NO8. The summed E-state index contributed by atoms with van der Waals surface area (Å²) in [6.45, 7) is 3.63. The van der Waals surface area contributed by atoms with E-state index in [2.05, 4.69) is 19.2 Å². The van der Waals surface area contributed by atoms with Gasteiger partial charge in [-0.1, -0.05) is 199 Å². The van der Waals surface area contributed by atoms with Gasteiger partial charge in [0.1, 0.15) is 24.4 Å². The monoisotopic (exact) mass is 756 g/mol. The van der Waals surface area contributed by atoms with Gasteiger partial charge in [-0.3, -0.25) is 4.79 Å². The summed E-state index contributed by atoms with van der Waals surface area (Å²) in [5.41, 5.74) is 0. The summed E-state index contributed by atoms with van der Waals surface area (Å²) < 4.78 is 11.1. The first-order chi connectivity index (χ1) is 25.8. The topological polar surface area (TPSA) is 149 Å². The predicted octanol–water partition coefficient (Wildman–Crippen LogP) is 8.95. The van der Waals surface area contributed by atoms with Gasteiger partial charge in [-0.25, -0.2) is 0 Å². The fourth-order valence-corrected chi connectivity index (χ4v) is 7.20. The van der Waals surface area contributed by atoms with Gasteiger partial charge in [0.05, 0.1) is 25.4 Å². The van der Waals surface area contributed by atoms with E-state index in [9.17, 15) is 30.3 Å². The van der Waals surface area contributed by atoms with Gasteiger partial charge in [0.2, 0.25) is 5.91 Å². The standard InChI is InChI=1S/C44H85NO8/c1-3-5-7-9-10-11-12-13-14-15-16-17-18-19-20-21-22-23-24-25-26-27-28-29-30-32-34-40(48)45-37(38(47)33-31-8-6-4-2)36-52-44-43(51)42(50)41(49)39(35-46)53-44/h31,33,37-39,41-44,46-47,49-51H,3-30,32,34-36H2,1-2H3,(H,45,48)/b33-31+. The van der Waals surface area contributed by atoms with Gasteiger partial charge in [0.25, 0.3) is 0 Å². The molecule has 314 valence electrons. The number of hydrogen-bond donors (Lipinski definition) is 6. The number of allylic oxidation sites excluding steroid dienone is 1. The summed E-state index contributed by atoms with van der Waals surface area (Å²) in [6.07, 6.45) is 33.5. The highest BCUT2D eigenvalue weighted by molar-refractivity contribution is 5.76. The molecule has 0 saturated carbocycles. The fourth-order valence-electron chi connectivity index (χ4n) is 7.20. The van der Waals surface area contributed by atoms with Crippen molar-refractivity contribution >= 4 is 5.91 Å². The maximum atomic E-state index is 12.8. The molecule has 1 saturated heterocycles. The molecule has 53 heavy (non-hydrogen) atoms. The predicted molar refractivity (Wildman–Crippen MR) is 217 cm³/mol. The average molecular weight is 756 g/mol. The number of rotatable bonds is 37. The van der Waals surface area contributed by atoms with Crippen LogP contribution in [0.2, 0.25) is 0 Å². The number of unbranched alkanes of at least 4 members (excludes halogenated alkanes) is 27. The zero-order valence-electron chi connectivity index (χ0n) is 34.3. The van der Waals surface area contributed by atoms with Crippen molar-refractivity contribution < 1.29 is 39.8 Å². The summed E-state index contributed by atoms with van der Waals surface area (Å²) in [5, 5.41) is 53.5. The minimum Gasteiger partial charge on any atom is -0.394 e. The van der Waals surface area contributed by atoms with Crippen molar-refractivity contribution in [2.24, 2.45) is 0 Å². The van der Waals surface area contributed by atoms with Crippen LogP contribution in [0.4, 0.5) is 0 Å². The number of aliphatic hydroxyl groups is 5. The first-order valence-electron chi connectivity index (χ1n) is 22.4. The van der Waals surface area contributed by atoms with E-state index < -0.39 is 49.5 Å². The van der Waals surface area contributed by atoms with Crippen LogP contribution in [-0.4, -0.2) is 87.5 Å². The highest BCUT2D eigenvalue weighted by Gasteiger charge is 2.44. The van der Waals surface area contributed by atoms with Crippen LogP contribution in [0, 0.1) is 0 Å². The van der Waals surface area contributed by atoms with Gasteiger partial charge < -0.3 is 40.3 Å². The molecule has 1 aliphatic rings. The van der Waals surface area contributed by atoms with E-state index in [-0.39, 0.29) is 12.5 Å². The molecule has 0 radical (unpaired) electrons. The van der Waals surface area contributed by atoms with Crippen LogP contribution in [0.15, 0.2) is 12.2 Å². The molecule has 1 amide bonds. The van der Waals surface area contributed by atoms with Crippen molar-refractivity contribution in [2.45, 2.75) is 249 Å². The molecule has 7 atom stereocenters. The minimum absolute atomic E-state index is 0.183. The van der Waals surface area contributed by atoms with Crippen molar-refractivity contribution in [1.82, 2.24) is 5.32 Å². The smallest absolute Gasteiger partial charge is 0.220 e. The van der Waals surface area contributed by atoms with E-state index in [1.165, 1.54) is 148 Å². The lowest BCUT2D eigenvalue weighted by molar-refractivity contribution is -0.302. The average Bonchev–Trinajstić information content (AvgIpc) is 3.16. The molecular weight excluding hydrogens is 670 g/mol. The highest BCUT2D eigenvalue weighted by Crippen LogP contribution is 2.23. The fraction of sp³-hybridized carbons (Fsp3) is 0.932. The van der Waals surface area contributed by atoms with E-state index in [1.54, 1.807) is 6.08 Å². The van der Waals surface area contributed by atoms with Gasteiger partial charge >= 0.3 is 0 Å². The number of hydrogen-bond acceptors (Lipinski definition) is 8. The number of carbonyl (C=O) groups is 1. The number of amides is 1. The Morgan fingerprint density at radius 2 is 1.04 bits per heavy atom. The summed E-state index contributed by atoms with van der Waals surface area (Å²) in [7, 11) is 0. The van der Waals surface area contributed by atoms with Crippen molar-refractivity contribution in [3.8, 4) is 0 Å². The molecule has 9 heteroatoms. The Bertz CT molecular complexity index is 842. The largest absolute Gasteiger partial charge is 0.394 e. The van der Waals surface area contributed by atoms with Gasteiger partial charge in [0.15, 0.2) is 6.29 Å². The van der Waals surface area contributed by atoms with Crippen LogP contribution < -0.4 is 5.32 Å². The molecule has 0 aromatic carbocycles. The van der Waals surface area contributed by atoms with Crippen molar-refractivity contribution in [1.29, 1.82) is 0 Å². The molecule has 1 aliphatic heterocycles. The van der Waals surface area contributed by atoms with E-state index in [4.69, 9.17) is 9.47 Å². The molecule has 1 fully saturated rings. The Hall–Kier alpha value is -1.07. The summed E-state index contributed by atoms with van der Waals surface area (Å²) in [4.78, 5) is 12.8. The second kappa shape index (κ2) is 35.4. The first-order valence-corrected chi connectivity index (χ1v) is 22.4. The molecule has 0 aromatic heterocycles. The van der Waals surface area contributed by atoms with Crippen LogP contribution in [0.25, 0.3) is 0 Å². The second-order valence-corrected chi connectivity index (χ2v) is 15.9. The third-order valence-electron chi connectivity index (χ3n) is 10.9. The van der Waals surface area contributed by atoms with Gasteiger partial charge in [0, 0.05) is 6.42 Å². The number of ether oxygens (including phenoxy) is 2. The lowest BCUT2D eigenvalue weighted by Gasteiger charge is -2.40. The van der Waals surface area contributed by atoms with E-state index in [0.717, 1.165) is 38.5 Å². The lowest BCUT2D eigenvalue weighted by atomic mass is 9.99. The Kier molecular flexibility index (Phi) is 33.3. The summed E-state index contributed by atoms with van der Waals surface area (Å²) in [6, 6.07) is -0.795. The van der Waals surface area contributed by atoms with Crippen LogP contribution in [0.1, 0.15) is 206 Å². The highest BCUT2D eigenvalue weighted by atomic mass is 16.7. The molecule has 7 unspecified atom stereocenters. The molecule has 0 aliphatic carbocycles. The molecule has 0 spiro atoms. The second-order valence-electron chi connectivity index (χ2n) is 15.9. The number of nitrogens with one attached hydrogen (secondary N) is 1. The maximum absolute atomic E-state index is 12.8. The quantitative estimate of drug-likeness (QED) is 0.0272. The molecule has 9 nitrogen and oxygen atoms in total. The van der Waals surface area contributed by atoms with E-state index in [1.807, 2.05) is 6.08 Å². The Balaban J connectivity index is 2.06. The normalized spacial score (nSPS) is 21.7. The Morgan fingerprint density at radius 3 is 1.45 bits per heavy atom. The third-order valence-corrected chi connectivity index (χ3v) is 10.9. The molecule has 6 N–H and O–H groups in total. The van der Waals surface area contributed by atoms with Crippen LogP contribution in [-0.2, 0) is 14.3 Å². The van der Waals surface area contributed by atoms with Crippen molar-refractivity contribution in [2.75, 3.05) is 13.2 Å². The zero-order chi connectivity index (χ0) is 38.8. The summed E-state index contributed by atoms with van der Waals surface area (Å²) in [5.74, 6) is -0.183. The summed E-state index contributed by atoms with van der Waals surface area (Å²) >= 11 is 0. The number of carbonyl (C=O) groups excluding carboxylic acids is 1. The van der Waals surface area contributed by atoms with Crippen LogP contribution in [0.5, 0.6) is 0 Å². The van der Waals surface area contributed by atoms with Gasteiger partial charge in [-0.05, 0) is 12.8 Å². The van der Waals surface area contributed by atoms with Gasteiger partial charge in [-0.15, -0.1) is 0 Å². The van der Waals surface area contributed by atoms with Crippen LogP contribution in [0.3, 0.4) is 0 Å². The maximum Gasteiger partial charge on any atom is 0.220 e. The Labute approximate surface area is 325 Å². The lowest BCUT2D eigenvalue weighted by Crippen LogP contribution is -2.60. The first kappa shape index (κ1) is 49.9. The van der Waals surface area contributed by atoms with E-state index in [0.29, 0.717) is 6.42 Å². The zero-order valence-corrected chi connectivity index (χ0v) is 34.3. The molecule has 1 rings (SSSR count). The molecule has 0 aromatic rings. The molecule has 1 heterocycles. The van der Waals surface area contributed by atoms with Crippen molar-refractivity contribution in [3.05, 3.63) is 12.2 Å². The number of aliphatic hydroxyl groups excluding tert-OH is 5. The SMILES string of the molecule is CCCC/C=C/C(O)C(COC1OC(CO)C(O)C(O)C1O)NC(=O)CCCCCCCCCCCCCCCCCCCCCCCCCCCC. The molecule has 0 bridgehead atoms. The minimum atomic E-state index is -1.56. The van der Waals surface area contributed by atoms with Crippen molar-refractivity contribution in [3.63, 3.8) is 0 Å².